The molecule has 7 nitrogen and oxygen atoms in total. The summed E-state index contributed by atoms with van der Waals surface area (Å²) in [5.74, 6) is -0.191. The van der Waals surface area contributed by atoms with Crippen molar-refractivity contribution >= 4 is 44.9 Å². The summed E-state index contributed by atoms with van der Waals surface area (Å²) in [6, 6.07) is 4.11. The van der Waals surface area contributed by atoms with E-state index in [1.165, 1.54) is 6.07 Å². The topological polar surface area (TPSA) is 81.3 Å². The Morgan fingerprint density at radius 1 is 1.31 bits per heavy atom. The third kappa shape index (κ3) is 4.01. The van der Waals surface area contributed by atoms with Crippen molar-refractivity contribution in [2.45, 2.75) is 31.5 Å². The number of rotatable bonds is 4. The Bertz CT molecular complexity index is 1190. The molecule has 1 saturated carbocycles. The number of hydrogen-bond acceptors (Lipinski definition) is 4. The van der Waals surface area contributed by atoms with Gasteiger partial charge in [0, 0.05) is 11.8 Å². The van der Waals surface area contributed by atoms with Crippen molar-refractivity contribution in [3.05, 3.63) is 55.6 Å². The van der Waals surface area contributed by atoms with Gasteiger partial charge in [0.2, 0.25) is 16.4 Å². The zero-order valence-corrected chi connectivity index (χ0v) is 16.8. The third-order valence-corrected chi connectivity index (χ3v) is 5.11. The standard InChI is InChI=1S/C17H12BrClF3N5O2/c18-15-24-16-26(12(8-1-2-8)6-14(29)27(16)25-15)7-13(28)23-11-4-3-9(5-10(11)19)17(20,21)22/h3-6,8H,1-2,7H2,(H,23,28). The van der Waals surface area contributed by atoms with E-state index in [0.717, 1.165) is 35.6 Å². The molecule has 12 heteroatoms. The van der Waals surface area contributed by atoms with Crippen LogP contribution in [0.15, 0.2) is 33.8 Å². The maximum absolute atomic E-state index is 12.8. The Hall–Kier alpha value is -2.40. The summed E-state index contributed by atoms with van der Waals surface area (Å²) in [5.41, 5.74) is -0.553. The second kappa shape index (κ2) is 7.13. The van der Waals surface area contributed by atoms with Crippen LogP contribution in [0.25, 0.3) is 5.78 Å². The number of halogens is 5. The van der Waals surface area contributed by atoms with Crippen LogP contribution >= 0.6 is 27.5 Å². The summed E-state index contributed by atoms with van der Waals surface area (Å²) < 4.78 is 41.1. The van der Waals surface area contributed by atoms with Gasteiger partial charge in [0.25, 0.3) is 5.56 Å². The second-order valence-electron chi connectivity index (χ2n) is 6.60. The van der Waals surface area contributed by atoms with Crippen LogP contribution in [-0.4, -0.2) is 25.1 Å². The average molecular weight is 491 g/mol. The summed E-state index contributed by atoms with van der Waals surface area (Å²) in [5, 5.41) is 6.23. The van der Waals surface area contributed by atoms with Gasteiger partial charge in [0.15, 0.2) is 0 Å². The predicted molar refractivity (Wildman–Crippen MR) is 102 cm³/mol. The highest BCUT2D eigenvalue weighted by molar-refractivity contribution is 9.10. The zero-order chi connectivity index (χ0) is 20.9. The highest BCUT2D eigenvalue weighted by Crippen LogP contribution is 2.40. The van der Waals surface area contributed by atoms with Crippen LogP contribution in [0.4, 0.5) is 18.9 Å². The molecule has 0 bridgehead atoms. The molecule has 2 aromatic heterocycles. The molecule has 29 heavy (non-hydrogen) atoms. The van der Waals surface area contributed by atoms with Gasteiger partial charge in [-0.25, -0.2) is 0 Å². The number of carbonyl (C=O) groups is 1. The normalized spacial score (nSPS) is 14.4. The Labute approximate surface area is 174 Å². The third-order valence-electron chi connectivity index (χ3n) is 4.47. The van der Waals surface area contributed by atoms with Gasteiger partial charge in [-0.3, -0.25) is 9.59 Å². The number of fused-ring (bicyclic) bond motifs is 1. The smallest absolute Gasteiger partial charge is 0.323 e. The monoisotopic (exact) mass is 489 g/mol. The Morgan fingerprint density at radius 3 is 2.66 bits per heavy atom. The fourth-order valence-corrected chi connectivity index (χ4v) is 3.53. The lowest BCUT2D eigenvalue weighted by molar-refractivity contribution is -0.137. The number of benzene rings is 1. The first-order chi connectivity index (χ1) is 13.6. The number of alkyl halides is 3. The van der Waals surface area contributed by atoms with Crippen LogP contribution in [0.2, 0.25) is 5.02 Å². The first kappa shape index (κ1) is 19.9. The van der Waals surface area contributed by atoms with Crippen LogP contribution in [0, 0.1) is 0 Å². The molecule has 1 amide bonds. The lowest BCUT2D eigenvalue weighted by Gasteiger charge is -2.15. The maximum Gasteiger partial charge on any atom is 0.416 e. The zero-order valence-electron chi connectivity index (χ0n) is 14.5. The quantitative estimate of drug-likeness (QED) is 0.603. The summed E-state index contributed by atoms with van der Waals surface area (Å²) in [6.45, 7) is -0.210. The minimum Gasteiger partial charge on any atom is -0.323 e. The van der Waals surface area contributed by atoms with E-state index in [4.69, 9.17) is 11.6 Å². The Balaban J connectivity index is 1.64. The lowest BCUT2D eigenvalue weighted by Crippen LogP contribution is -2.26. The molecule has 1 fully saturated rings. The molecule has 4 rings (SSSR count). The van der Waals surface area contributed by atoms with Crippen LogP contribution in [0.5, 0.6) is 0 Å². The largest absolute Gasteiger partial charge is 0.416 e. The molecule has 0 unspecified atom stereocenters. The second-order valence-corrected chi connectivity index (χ2v) is 7.72. The van der Waals surface area contributed by atoms with E-state index in [1.807, 2.05) is 0 Å². The molecule has 0 radical (unpaired) electrons. The molecule has 1 aromatic carbocycles. The van der Waals surface area contributed by atoms with E-state index in [0.29, 0.717) is 5.69 Å². The lowest BCUT2D eigenvalue weighted by atomic mass is 10.2. The molecule has 1 aliphatic carbocycles. The molecule has 152 valence electrons. The molecule has 2 heterocycles. The van der Waals surface area contributed by atoms with E-state index in [9.17, 15) is 22.8 Å². The molecular weight excluding hydrogens is 479 g/mol. The van der Waals surface area contributed by atoms with Gasteiger partial charge < -0.3 is 9.88 Å². The molecule has 1 aliphatic rings. The number of aromatic nitrogens is 4. The van der Waals surface area contributed by atoms with Crippen molar-refractivity contribution < 1.29 is 18.0 Å². The van der Waals surface area contributed by atoms with E-state index in [-0.39, 0.29) is 39.2 Å². The number of nitrogens with zero attached hydrogens (tertiary/aromatic N) is 4. The first-order valence-corrected chi connectivity index (χ1v) is 9.63. The van der Waals surface area contributed by atoms with Crippen LogP contribution in [0.1, 0.15) is 30.0 Å². The summed E-state index contributed by atoms with van der Waals surface area (Å²) in [6.07, 6.45) is -2.76. The summed E-state index contributed by atoms with van der Waals surface area (Å²) in [7, 11) is 0. The van der Waals surface area contributed by atoms with Gasteiger partial charge in [0.1, 0.15) is 6.54 Å². The molecule has 0 saturated heterocycles. The fourth-order valence-electron chi connectivity index (χ4n) is 2.99. The SMILES string of the molecule is O=C(Cn1c(C2CC2)cc(=O)n2nc(Br)nc12)Nc1ccc(C(F)(F)F)cc1Cl. The maximum atomic E-state index is 12.8. The number of carbonyl (C=O) groups excluding carboxylic acids is 1. The first-order valence-electron chi connectivity index (χ1n) is 8.46. The molecular formula is C17H12BrClF3N5O2. The van der Waals surface area contributed by atoms with Gasteiger partial charge in [-0.15, -0.1) is 5.10 Å². The fraction of sp³-hybridized carbons (Fsp3) is 0.294. The molecule has 0 aliphatic heterocycles. The van der Waals surface area contributed by atoms with E-state index in [1.54, 1.807) is 4.57 Å². The van der Waals surface area contributed by atoms with Crippen LogP contribution < -0.4 is 10.9 Å². The number of hydrogen-bond donors (Lipinski definition) is 1. The predicted octanol–water partition coefficient (Wildman–Crippen LogP) is 3.84. The van der Waals surface area contributed by atoms with E-state index < -0.39 is 17.6 Å². The molecule has 3 aromatic rings. The number of nitrogens with one attached hydrogen (secondary N) is 1. The summed E-state index contributed by atoms with van der Waals surface area (Å²) in [4.78, 5) is 29.0. The van der Waals surface area contributed by atoms with Crippen molar-refractivity contribution in [3.8, 4) is 0 Å². The molecule has 1 N–H and O–H groups in total. The van der Waals surface area contributed by atoms with Crippen molar-refractivity contribution in [1.82, 2.24) is 19.2 Å². The van der Waals surface area contributed by atoms with Gasteiger partial charge >= 0.3 is 6.18 Å². The number of amides is 1. The van der Waals surface area contributed by atoms with Crippen LogP contribution in [0.3, 0.4) is 0 Å². The minimum atomic E-state index is -4.53. The van der Waals surface area contributed by atoms with Crippen molar-refractivity contribution in [3.63, 3.8) is 0 Å². The van der Waals surface area contributed by atoms with Gasteiger partial charge in [0.05, 0.1) is 16.3 Å². The van der Waals surface area contributed by atoms with Gasteiger partial charge in [-0.2, -0.15) is 22.7 Å². The minimum absolute atomic E-state index is 0.0531. The highest BCUT2D eigenvalue weighted by atomic mass is 79.9. The van der Waals surface area contributed by atoms with Gasteiger partial charge in [-0.05, 0) is 52.9 Å². The van der Waals surface area contributed by atoms with Crippen molar-refractivity contribution in [1.29, 1.82) is 0 Å². The molecule has 0 atom stereocenters. The average Bonchev–Trinajstić information content (AvgIpc) is 3.39. The van der Waals surface area contributed by atoms with E-state index >= 15 is 0 Å². The van der Waals surface area contributed by atoms with Gasteiger partial charge in [-0.1, -0.05) is 11.6 Å². The Morgan fingerprint density at radius 2 is 2.03 bits per heavy atom. The highest BCUT2D eigenvalue weighted by Gasteiger charge is 2.31. The van der Waals surface area contributed by atoms with Crippen molar-refractivity contribution in [2.75, 3.05) is 5.32 Å². The molecule has 0 spiro atoms. The van der Waals surface area contributed by atoms with E-state index in [2.05, 4.69) is 31.3 Å². The Kier molecular flexibility index (Phi) is 4.89. The van der Waals surface area contributed by atoms with Crippen LogP contribution in [-0.2, 0) is 17.5 Å². The van der Waals surface area contributed by atoms with Crippen molar-refractivity contribution in [2.24, 2.45) is 0 Å². The number of anilines is 1. The summed E-state index contributed by atoms with van der Waals surface area (Å²) >= 11 is 9.02.